The molecule has 144 valence electrons. The number of carbonyl (C=O) groups excluding carboxylic acids is 1. The Morgan fingerprint density at radius 1 is 1.22 bits per heavy atom. The Bertz CT molecular complexity index is 808. The van der Waals surface area contributed by atoms with Gasteiger partial charge in [0.05, 0.1) is 26.2 Å². The zero-order chi connectivity index (χ0) is 19.2. The third-order valence-corrected chi connectivity index (χ3v) is 5.79. The van der Waals surface area contributed by atoms with Crippen LogP contribution in [-0.4, -0.2) is 42.5 Å². The van der Waals surface area contributed by atoms with E-state index in [4.69, 9.17) is 9.47 Å². The van der Waals surface area contributed by atoms with Gasteiger partial charge in [0.25, 0.3) is 0 Å². The van der Waals surface area contributed by atoms with Crippen LogP contribution in [0.3, 0.4) is 0 Å². The van der Waals surface area contributed by atoms with Gasteiger partial charge in [0.2, 0.25) is 0 Å². The summed E-state index contributed by atoms with van der Waals surface area (Å²) >= 11 is 0. The minimum atomic E-state index is -0.308. The van der Waals surface area contributed by atoms with Crippen LogP contribution >= 0.6 is 0 Å². The molecule has 27 heavy (non-hydrogen) atoms. The zero-order valence-electron chi connectivity index (χ0n) is 16.4. The Morgan fingerprint density at radius 2 is 2.00 bits per heavy atom. The number of benzene rings is 1. The second-order valence-electron chi connectivity index (χ2n) is 6.97. The second kappa shape index (κ2) is 9.29. The lowest BCUT2D eigenvalue weighted by molar-refractivity contribution is 0.0539. The molecule has 0 radical (unpaired) electrons. The van der Waals surface area contributed by atoms with Crippen LogP contribution in [-0.2, 0) is 33.5 Å². The molecule has 0 aliphatic heterocycles. The van der Waals surface area contributed by atoms with E-state index in [-0.39, 0.29) is 5.97 Å². The largest absolute Gasteiger partial charge is 0.464 e. The van der Waals surface area contributed by atoms with Gasteiger partial charge in [-0.15, -0.1) is 0 Å². The SMILES string of the molecule is COC(=O)c1cc2c(n1COCC[S+](C)C)CCC/C2=C\c1ccccc1. The molecule has 2 aromatic rings. The molecule has 1 aliphatic carbocycles. The Labute approximate surface area is 164 Å². The first-order valence-electron chi connectivity index (χ1n) is 9.28. The van der Waals surface area contributed by atoms with Gasteiger partial charge in [-0.2, -0.15) is 0 Å². The first kappa shape index (κ1) is 19.8. The highest BCUT2D eigenvalue weighted by Gasteiger charge is 2.25. The summed E-state index contributed by atoms with van der Waals surface area (Å²) in [7, 11) is 1.79. The average Bonchev–Trinajstić information content (AvgIpc) is 3.05. The van der Waals surface area contributed by atoms with Gasteiger partial charge in [-0.25, -0.2) is 4.79 Å². The Morgan fingerprint density at radius 3 is 2.70 bits per heavy atom. The lowest BCUT2D eigenvalue weighted by Gasteiger charge is -2.19. The van der Waals surface area contributed by atoms with Crippen molar-refractivity contribution in [1.82, 2.24) is 4.57 Å². The molecule has 0 bridgehead atoms. The van der Waals surface area contributed by atoms with E-state index >= 15 is 0 Å². The molecule has 1 aromatic heterocycles. The number of nitrogens with zero attached hydrogens (tertiary/aromatic N) is 1. The van der Waals surface area contributed by atoms with Gasteiger partial charge in [0.1, 0.15) is 18.2 Å². The number of hydrogen-bond acceptors (Lipinski definition) is 3. The van der Waals surface area contributed by atoms with Crippen molar-refractivity contribution in [3.05, 3.63) is 58.9 Å². The van der Waals surface area contributed by atoms with Crippen LogP contribution in [0, 0.1) is 0 Å². The number of methoxy groups -OCH3 is 1. The standard InChI is InChI=1S/C22H28NO3S/c1-25-22(24)21-15-19-18(14-17-8-5-4-6-9-17)10-7-11-20(19)23(21)16-26-12-13-27(2)3/h4-6,8-9,14-15H,7,10-13,16H2,1-3H3/q+1/b18-14+. The van der Waals surface area contributed by atoms with Crippen molar-refractivity contribution >= 4 is 28.5 Å². The minimum Gasteiger partial charge on any atom is -0.464 e. The van der Waals surface area contributed by atoms with Crippen molar-refractivity contribution in [2.75, 3.05) is 32.0 Å². The van der Waals surface area contributed by atoms with E-state index in [9.17, 15) is 4.79 Å². The zero-order valence-corrected chi connectivity index (χ0v) is 17.2. The molecule has 0 spiro atoms. The Kier molecular flexibility index (Phi) is 6.80. The van der Waals surface area contributed by atoms with Gasteiger partial charge in [-0.05, 0) is 52.9 Å². The van der Waals surface area contributed by atoms with Crippen molar-refractivity contribution in [2.24, 2.45) is 0 Å². The molecule has 3 rings (SSSR count). The van der Waals surface area contributed by atoms with E-state index in [2.05, 4.69) is 30.7 Å². The Balaban J connectivity index is 1.92. The molecule has 1 aromatic carbocycles. The number of hydrogen-bond donors (Lipinski definition) is 0. The van der Waals surface area contributed by atoms with Gasteiger partial charge in [0.15, 0.2) is 0 Å². The van der Waals surface area contributed by atoms with Crippen LogP contribution in [0.2, 0.25) is 0 Å². The molecular formula is C22H28NO3S+. The van der Waals surface area contributed by atoms with E-state index in [0.717, 1.165) is 30.6 Å². The van der Waals surface area contributed by atoms with Crippen molar-refractivity contribution in [1.29, 1.82) is 0 Å². The molecule has 5 heteroatoms. The molecule has 4 nitrogen and oxygen atoms in total. The quantitative estimate of drug-likeness (QED) is 0.410. The smallest absolute Gasteiger partial charge is 0.354 e. The molecule has 0 unspecified atom stereocenters. The van der Waals surface area contributed by atoms with Crippen molar-refractivity contribution in [3.63, 3.8) is 0 Å². The highest BCUT2D eigenvalue weighted by atomic mass is 32.2. The minimum absolute atomic E-state index is 0.308. The van der Waals surface area contributed by atoms with E-state index in [0.29, 0.717) is 29.9 Å². The lowest BCUT2D eigenvalue weighted by atomic mass is 9.91. The fourth-order valence-electron chi connectivity index (χ4n) is 3.42. The van der Waals surface area contributed by atoms with Crippen LogP contribution in [0.5, 0.6) is 0 Å². The third-order valence-electron chi connectivity index (χ3n) is 4.81. The highest BCUT2D eigenvalue weighted by molar-refractivity contribution is 7.95. The predicted octanol–water partition coefficient (Wildman–Crippen LogP) is 4.00. The second-order valence-corrected chi connectivity index (χ2v) is 9.35. The summed E-state index contributed by atoms with van der Waals surface area (Å²) in [6.45, 7) is 1.10. The number of rotatable bonds is 7. The maximum atomic E-state index is 12.3. The molecule has 0 amide bonds. The monoisotopic (exact) mass is 386 g/mol. The van der Waals surface area contributed by atoms with Crippen LogP contribution in [0.15, 0.2) is 36.4 Å². The molecular weight excluding hydrogens is 358 g/mol. The van der Waals surface area contributed by atoms with E-state index in [1.165, 1.54) is 23.9 Å². The fourth-order valence-corrected chi connectivity index (χ4v) is 3.87. The van der Waals surface area contributed by atoms with Crippen LogP contribution in [0.4, 0.5) is 0 Å². The number of esters is 1. The van der Waals surface area contributed by atoms with Gasteiger partial charge in [0, 0.05) is 5.69 Å². The van der Waals surface area contributed by atoms with Gasteiger partial charge < -0.3 is 14.0 Å². The van der Waals surface area contributed by atoms with Crippen LogP contribution in [0.1, 0.15) is 40.2 Å². The molecule has 1 aliphatic rings. The number of carbonyl (C=O) groups is 1. The molecule has 0 saturated carbocycles. The number of ether oxygens (including phenoxy) is 2. The maximum Gasteiger partial charge on any atom is 0.354 e. The van der Waals surface area contributed by atoms with Gasteiger partial charge in [-0.3, -0.25) is 0 Å². The van der Waals surface area contributed by atoms with Crippen molar-refractivity contribution in [2.45, 2.75) is 26.0 Å². The van der Waals surface area contributed by atoms with Gasteiger partial charge >= 0.3 is 5.97 Å². The molecule has 1 heterocycles. The van der Waals surface area contributed by atoms with Crippen LogP contribution in [0.25, 0.3) is 11.6 Å². The van der Waals surface area contributed by atoms with E-state index in [1.807, 2.05) is 28.8 Å². The summed E-state index contributed by atoms with van der Waals surface area (Å²) in [5.41, 5.74) is 5.36. The summed E-state index contributed by atoms with van der Waals surface area (Å²) in [5.74, 6) is 0.730. The van der Waals surface area contributed by atoms with Crippen LogP contribution < -0.4 is 0 Å². The predicted molar refractivity (Wildman–Crippen MR) is 113 cm³/mol. The number of aromatic nitrogens is 1. The fraction of sp³-hybridized carbons (Fsp3) is 0.409. The van der Waals surface area contributed by atoms with Crippen molar-refractivity contribution < 1.29 is 14.3 Å². The number of allylic oxidation sites excluding steroid dienone is 1. The summed E-state index contributed by atoms with van der Waals surface area (Å²) in [4.78, 5) is 12.3. The molecule has 0 N–H and O–H groups in total. The Hall–Kier alpha value is -1.98. The maximum absolute atomic E-state index is 12.3. The average molecular weight is 387 g/mol. The summed E-state index contributed by atoms with van der Waals surface area (Å²) in [5, 5.41) is 0. The molecule has 0 saturated heterocycles. The van der Waals surface area contributed by atoms with Gasteiger partial charge in [-0.1, -0.05) is 36.4 Å². The topological polar surface area (TPSA) is 40.5 Å². The first-order valence-corrected chi connectivity index (χ1v) is 11.5. The third kappa shape index (κ3) is 4.85. The summed E-state index contributed by atoms with van der Waals surface area (Å²) in [6, 6.07) is 12.3. The molecule has 0 fully saturated rings. The number of fused-ring (bicyclic) bond motifs is 1. The normalized spacial score (nSPS) is 15.2. The molecule has 0 atom stereocenters. The van der Waals surface area contributed by atoms with Crippen molar-refractivity contribution in [3.8, 4) is 0 Å². The highest BCUT2D eigenvalue weighted by Crippen LogP contribution is 2.35. The van der Waals surface area contributed by atoms with E-state index < -0.39 is 0 Å². The summed E-state index contributed by atoms with van der Waals surface area (Å²) < 4.78 is 12.9. The summed E-state index contributed by atoms with van der Waals surface area (Å²) in [6.07, 6.45) is 9.69. The lowest BCUT2D eigenvalue weighted by Crippen LogP contribution is -2.18. The van der Waals surface area contributed by atoms with E-state index in [1.54, 1.807) is 0 Å². The first-order chi connectivity index (χ1) is 13.1.